The van der Waals surface area contributed by atoms with Crippen LogP contribution in [0.25, 0.3) is 0 Å². The number of fused-ring (bicyclic) bond motifs is 13. The van der Waals surface area contributed by atoms with Crippen LogP contribution in [0, 0.1) is 5.92 Å². The number of halogens is 1. The lowest BCUT2D eigenvalue weighted by molar-refractivity contribution is -0.459. The highest BCUT2D eigenvalue weighted by molar-refractivity contribution is 5.93. The Morgan fingerprint density at radius 3 is 2.49 bits per heavy atom. The van der Waals surface area contributed by atoms with Gasteiger partial charge in [-0.1, -0.05) is 24.3 Å². The van der Waals surface area contributed by atoms with Crippen LogP contribution in [0.15, 0.2) is 36.4 Å². The number of carbonyl (C=O) groups is 4. The minimum Gasteiger partial charge on any atom is -1.00 e. The quantitative estimate of drug-likeness (QED) is 0.0791. The van der Waals surface area contributed by atoms with Crippen molar-refractivity contribution in [2.24, 2.45) is 17.4 Å². The standard InChI is InChI=1S/C25H35N5O6.ClH/c1-16(31)29-21-14-17-8-10-19(11-9-17)36-13-4-3-7-20(24(34)35-2)30-23(33)18(15-22(21)32)6-5-12-28-25(26)27;/h3-4,8-11,18,20-21H,5-7,12-15H2,1-2H3,(H,29,31)(H,30,33)(H4,26,27,28);1H/t18-,20+,21-;/m1./s1. The Hall–Kier alpha value is -3.60. The minimum atomic E-state index is -0.928. The maximum atomic E-state index is 13.3. The number of amides is 2. The second kappa shape index (κ2) is 16.2. The molecule has 0 aliphatic carbocycles. The normalized spacial score (nSPS) is 20.4. The molecule has 1 aromatic rings. The molecule has 0 fully saturated rings. The predicted octanol–water partition coefficient (Wildman–Crippen LogP) is -4.56. The number of rotatable bonds is 6. The molecule has 0 spiro atoms. The van der Waals surface area contributed by atoms with Crippen molar-refractivity contribution in [2.75, 3.05) is 20.3 Å². The van der Waals surface area contributed by atoms with Crippen LogP contribution >= 0.6 is 0 Å². The number of hydrogen-bond donors (Lipinski definition) is 5. The summed E-state index contributed by atoms with van der Waals surface area (Å²) in [5, 5.41) is 5.41. The second-order valence-electron chi connectivity index (χ2n) is 8.60. The van der Waals surface area contributed by atoms with Crippen molar-refractivity contribution < 1.29 is 46.1 Å². The van der Waals surface area contributed by atoms with Crippen molar-refractivity contribution in [3.8, 4) is 5.75 Å². The summed E-state index contributed by atoms with van der Waals surface area (Å²) in [6.45, 7) is 2.01. The number of methoxy groups -OCH3 is 1. The molecule has 2 aliphatic heterocycles. The molecule has 204 valence electrons. The monoisotopic (exact) mass is 537 g/mol. The van der Waals surface area contributed by atoms with E-state index in [9.17, 15) is 19.2 Å². The van der Waals surface area contributed by atoms with Crippen LogP contribution in [0.1, 0.15) is 38.2 Å². The molecule has 0 aromatic heterocycles. The number of guanidine groups is 1. The third kappa shape index (κ3) is 11.3. The molecule has 0 saturated heterocycles. The van der Waals surface area contributed by atoms with Gasteiger partial charge in [-0.3, -0.25) is 30.8 Å². The zero-order chi connectivity index (χ0) is 26.5. The van der Waals surface area contributed by atoms with E-state index in [-0.39, 0.29) is 55.9 Å². The van der Waals surface area contributed by atoms with Gasteiger partial charge in [-0.2, -0.15) is 0 Å². The van der Waals surface area contributed by atoms with Crippen molar-refractivity contribution in [3.63, 3.8) is 0 Å². The lowest BCUT2D eigenvalue weighted by Crippen LogP contribution is -3.00. The summed E-state index contributed by atoms with van der Waals surface area (Å²) in [5.41, 5.74) is 11.7. The van der Waals surface area contributed by atoms with Gasteiger partial charge in [0.1, 0.15) is 18.4 Å². The Morgan fingerprint density at radius 2 is 1.86 bits per heavy atom. The summed E-state index contributed by atoms with van der Waals surface area (Å²) in [7, 11) is 1.24. The van der Waals surface area contributed by atoms with Gasteiger partial charge >= 0.3 is 11.9 Å². The average Bonchev–Trinajstić information content (AvgIpc) is 2.84. The highest BCUT2D eigenvalue weighted by atomic mass is 35.5. The van der Waals surface area contributed by atoms with E-state index < -0.39 is 29.9 Å². The number of esters is 1. The second-order valence-corrected chi connectivity index (χ2v) is 8.60. The number of Topliss-reactive ketones (excluding diaryl/α,β-unsaturated/α-hetero) is 1. The Morgan fingerprint density at radius 1 is 1.16 bits per heavy atom. The van der Waals surface area contributed by atoms with Gasteiger partial charge < -0.3 is 32.5 Å². The van der Waals surface area contributed by atoms with E-state index in [0.29, 0.717) is 25.1 Å². The van der Waals surface area contributed by atoms with E-state index in [1.807, 2.05) is 12.1 Å². The first-order valence-corrected chi connectivity index (χ1v) is 11.9. The van der Waals surface area contributed by atoms with Gasteiger partial charge in [0.05, 0.1) is 19.7 Å². The molecule has 37 heavy (non-hydrogen) atoms. The van der Waals surface area contributed by atoms with Crippen molar-refractivity contribution in [1.29, 1.82) is 0 Å². The fourth-order valence-corrected chi connectivity index (χ4v) is 3.83. The Labute approximate surface area is 222 Å². The van der Waals surface area contributed by atoms with Gasteiger partial charge in [0, 0.05) is 19.3 Å². The molecule has 1 aromatic carbocycles. The first-order chi connectivity index (χ1) is 17.2. The summed E-state index contributed by atoms with van der Waals surface area (Å²) in [6, 6.07) is 5.49. The number of benzene rings is 1. The Bertz CT molecular complexity index is 978. The maximum absolute atomic E-state index is 13.3. The third-order valence-corrected chi connectivity index (χ3v) is 5.69. The first-order valence-electron chi connectivity index (χ1n) is 11.9. The third-order valence-electron chi connectivity index (χ3n) is 5.69. The highest BCUT2D eigenvalue weighted by Crippen LogP contribution is 2.18. The molecule has 2 heterocycles. The van der Waals surface area contributed by atoms with Gasteiger partial charge in [-0.15, -0.1) is 0 Å². The predicted molar refractivity (Wildman–Crippen MR) is 133 cm³/mol. The zero-order valence-electron chi connectivity index (χ0n) is 21.1. The van der Waals surface area contributed by atoms with Gasteiger partial charge in [-0.05, 0) is 43.4 Å². The molecular weight excluding hydrogens is 502 g/mol. The molecule has 2 aliphatic rings. The van der Waals surface area contributed by atoms with Crippen LogP contribution in [0.5, 0.6) is 5.75 Å². The van der Waals surface area contributed by atoms with E-state index in [4.69, 9.17) is 20.9 Å². The van der Waals surface area contributed by atoms with E-state index in [1.54, 1.807) is 24.3 Å². The fraction of sp³-hybridized carbons (Fsp3) is 0.480. The number of hydrogen-bond acceptors (Lipinski definition) is 6. The smallest absolute Gasteiger partial charge is 0.338 e. The lowest BCUT2D eigenvalue weighted by atomic mass is 9.90. The number of nitrogens with two attached hydrogens (primary N) is 2. The number of carbonyl (C=O) groups excluding carboxylic acids is 4. The van der Waals surface area contributed by atoms with Crippen molar-refractivity contribution >= 4 is 29.5 Å². The van der Waals surface area contributed by atoms with Gasteiger partial charge in [0.25, 0.3) is 0 Å². The average molecular weight is 538 g/mol. The summed E-state index contributed by atoms with van der Waals surface area (Å²) in [6.07, 6.45) is 4.64. The maximum Gasteiger partial charge on any atom is 0.338 e. The lowest BCUT2D eigenvalue weighted by Gasteiger charge is -2.23. The van der Waals surface area contributed by atoms with E-state index in [1.165, 1.54) is 14.0 Å². The van der Waals surface area contributed by atoms with Gasteiger partial charge in [-0.25, -0.2) is 4.79 Å². The number of nitrogens with one attached hydrogen (secondary N) is 3. The molecule has 0 unspecified atom stereocenters. The molecule has 3 atom stereocenters. The Balaban J connectivity index is 0.00000684. The van der Waals surface area contributed by atoms with Crippen molar-refractivity contribution in [2.45, 2.75) is 51.1 Å². The van der Waals surface area contributed by atoms with E-state index >= 15 is 0 Å². The summed E-state index contributed by atoms with van der Waals surface area (Å²) >= 11 is 0. The van der Waals surface area contributed by atoms with Crippen LogP contribution < -0.4 is 44.2 Å². The van der Waals surface area contributed by atoms with Crippen molar-refractivity contribution in [1.82, 2.24) is 10.6 Å². The Kier molecular flexibility index (Phi) is 13.8. The molecule has 2 amide bonds. The molecule has 3 rings (SSSR count). The van der Waals surface area contributed by atoms with Crippen LogP contribution in [-0.2, 0) is 30.3 Å². The van der Waals surface area contributed by atoms with Crippen LogP contribution in [0.2, 0.25) is 0 Å². The molecule has 0 saturated carbocycles. The SMILES string of the molecule is COC(=O)[C@@H]1CC=CCOc2ccc(cc2)C[C@@H](NC(C)=O)C(=O)C[C@@H](CCC[NH+]=C(N)N)C(=O)N1.[Cl-]. The van der Waals surface area contributed by atoms with Crippen LogP contribution in [0.3, 0.4) is 0 Å². The minimum absolute atomic E-state index is 0. The number of ketones is 1. The zero-order valence-corrected chi connectivity index (χ0v) is 21.9. The fourth-order valence-electron chi connectivity index (χ4n) is 3.83. The van der Waals surface area contributed by atoms with Crippen LogP contribution in [-0.4, -0.2) is 61.9 Å². The van der Waals surface area contributed by atoms with Gasteiger partial charge in [0.15, 0.2) is 5.78 Å². The summed E-state index contributed by atoms with van der Waals surface area (Å²) < 4.78 is 10.5. The molecular formula is C25H36ClN5O6. The van der Waals surface area contributed by atoms with Crippen LogP contribution in [0.4, 0.5) is 0 Å². The van der Waals surface area contributed by atoms with E-state index in [0.717, 1.165) is 5.56 Å². The topological polar surface area (TPSA) is 177 Å². The molecule has 7 N–H and O–H groups in total. The molecule has 0 radical (unpaired) electrons. The molecule has 12 heteroatoms. The van der Waals surface area contributed by atoms with E-state index in [2.05, 4.69) is 15.6 Å². The molecule has 2 bridgehead atoms. The highest BCUT2D eigenvalue weighted by Gasteiger charge is 2.30. The summed E-state index contributed by atoms with van der Waals surface area (Å²) in [4.78, 5) is 53.4. The largest absolute Gasteiger partial charge is 1.00 e. The van der Waals surface area contributed by atoms with Gasteiger partial charge in [0.2, 0.25) is 11.8 Å². The molecule has 11 nitrogen and oxygen atoms in total. The summed E-state index contributed by atoms with van der Waals surface area (Å²) in [5.74, 6) is -1.75. The van der Waals surface area contributed by atoms with Crippen molar-refractivity contribution in [3.05, 3.63) is 42.0 Å². The number of ether oxygens (including phenoxy) is 2. The first kappa shape index (κ1) is 31.4.